The number of imidazole rings is 1. The van der Waals surface area contributed by atoms with Crippen LogP contribution in [0.3, 0.4) is 0 Å². The highest BCUT2D eigenvalue weighted by atomic mass is 31.2. The summed E-state index contributed by atoms with van der Waals surface area (Å²) in [7, 11) is -1.73. The minimum Gasteiger partial charge on any atom is -0.479 e. The molecule has 0 amide bonds. The summed E-state index contributed by atoms with van der Waals surface area (Å²) < 4.78 is 41.4. The molecule has 1 aliphatic heterocycles. The molecule has 0 radical (unpaired) electrons. The molecule has 2 atom stereocenters. The molecule has 26 heavy (non-hydrogen) atoms. The number of rotatable bonds is 9. The Hall–Kier alpha value is -1.58. The maximum Gasteiger partial charge on any atom is 0.356 e. The van der Waals surface area contributed by atoms with Gasteiger partial charge in [-0.25, -0.2) is 9.97 Å². The molecule has 3 rings (SSSR count). The van der Waals surface area contributed by atoms with E-state index in [2.05, 4.69) is 15.0 Å². The molecule has 0 spiro atoms. The topological polar surface area (TPSA) is 107 Å². The van der Waals surface area contributed by atoms with Crippen molar-refractivity contribution in [2.75, 3.05) is 26.7 Å². The summed E-state index contributed by atoms with van der Waals surface area (Å²) >= 11 is 0. The molecule has 0 bridgehead atoms. The van der Waals surface area contributed by atoms with Crippen molar-refractivity contribution in [2.24, 2.45) is 0 Å². The van der Waals surface area contributed by atoms with Crippen LogP contribution >= 0.6 is 7.60 Å². The number of methoxy groups -OCH3 is 1. The average Bonchev–Trinajstić information content (AvgIpc) is 3.26. The van der Waals surface area contributed by atoms with Gasteiger partial charge in [0.25, 0.3) is 0 Å². The van der Waals surface area contributed by atoms with Gasteiger partial charge < -0.3 is 23.3 Å². The highest BCUT2D eigenvalue weighted by Gasteiger charge is 2.32. The van der Waals surface area contributed by atoms with Crippen molar-refractivity contribution in [1.29, 1.82) is 0 Å². The molecule has 1 aliphatic rings. The van der Waals surface area contributed by atoms with Gasteiger partial charge in [-0.3, -0.25) is 9.13 Å². The maximum absolute atomic E-state index is 12.5. The third-order valence-electron chi connectivity index (χ3n) is 3.86. The van der Waals surface area contributed by atoms with Gasteiger partial charge >= 0.3 is 7.60 Å². The molecule has 1 fully saturated rings. The number of hydrogen-bond donors (Lipinski definition) is 0. The van der Waals surface area contributed by atoms with E-state index in [1.54, 1.807) is 20.2 Å². The van der Waals surface area contributed by atoms with Crippen LogP contribution in [0, 0.1) is 0 Å². The Kier molecular flexibility index (Phi) is 6.20. The third kappa shape index (κ3) is 4.05. The molecule has 0 aliphatic carbocycles. The summed E-state index contributed by atoms with van der Waals surface area (Å²) in [6.45, 7) is 4.09. The molecule has 1 saturated heterocycles. The van der Waals surface area contributed by atoms with Crippen molar-refractivity contribution in [3.63, 3.8) is 0 Å². The highest BCUT2D eigenvalue weighted by molar-refractivity contribution is 7.53. The summed E-state index contributed by atoms with van der Waals surface area (Å²) in [6.07, 6.45) is 3.47. The number of ether oxygens (including phenoxy) is 3. The second-order valence-corrected chi connectivity index (χ2v) is 7.54. The minimum atomic E-state index is -3.26. The van der Waals surface area contributed by atoms with Crippen molar-refractivity contribution in [3.05, 3.63) is 12.7 Å². The van der Waals surface area contributed by atoms with Crippen molar-refractivity contribution in [2.45, 2.75) is 39.2 Å². The number of nitrogens with zero attached hydrogens (tertiary/aromatic N) is 4. The number of fused-ring (bicyclic) bond motifs is 1. The van der Waals surface area contributed by atoms with Crippen LogP contribution in [0.4, 0.5) is 0 Å². The van der Waals surface area contributed by atoms with Gasteiger partial charge in [0.15, 0.2) is 23.8 Å². The van der Waals surface area contributed by atoms with Crippen molar-refractivity contribution >= 4 is 18.8 Å². The Bertz CT molecular complexity index is 775. The lowest BCUT2D eigenvalue weighted by molar-refractivity contribution is -0.141. The molecule has 2 unspecified atom stereocenters. The fourth-order valence-corrected chi connectivity index (χ4v) is 4.15. The van der Waals surface area contributed by atoms with Crippen LogP contribution in [0.1, 0.15) is 32.9 Å². The molecule has 0 N–H and O–H groups in total. The normalized spacial score (nSPS) is 20.7. The van der Waals surface area contributed by atoms with Gasteiger partial charge in [-0.05, 0) is 20.3 Å². The quantitative estimate of drug-likeness (QED) is 0.601. The molecule has 11 heteroatoms. The SMILES string of the molecule is CCOP(=O)(COC1CCC(n2cnc3c(OC)ncnc32)O1)OCC. The maximum atomic E-state index is 12.5. The van der Waals surface area contributed by atoms with Crippen LogP contribution in [-0.2, 0) is 23.1 Å². The smallest absolute Gasteiger partial charge is 0.356 e. The third-order valence-corrected chi connectivity index (χ3v) is 5.63. The molecule has 0 aromatic carbocycles. The largest absolute Gasteiger partial charge is 0.479 e. The zero-order valence-corrected chi connectivity index (χ0v) is 15.9. The molecule has 144 valence electrons. The van der Waals surface area contributed by atoms with E-state index in [0.29, 0.717) is 29.9 Å². The lowest BCUT2D eigenvalue weighted by Crippen LogP contribution is -2.16. The molecule has 10 nitrogen and oxygen atoms in total. The first-order valence-electron chi connectivity index (χ1n) is 8.47. The molecular formula is C15H23N4O6P. The van der Waals surface area contributed by atoms with Gasteiger partial charge in [0.05, 0.1) is 26.7 Å². The highest BCUT2D eigenvalue weighted by Crippen LogP contribution is 2.48. The Balaban J connectivity index is 1.65. The molecule has 2 aromatic heterocycles. The van der Waals surface area contributed by atoms with E-state index in [-0.39, 0.29) is 25.8 Å². The van der Waals surface area contributed by atoms with E-state index in [4.69, 9.17) is 23.3 Å². The van der Waals surface area contributed by atoms with E-state index in [1.165, 1.54) is 13.4 Å². The lowest BCUT2D eigenvalue weighted by atomic mass is 10.3. The Labute approximate surface area is 151 Å². The predicted octanol–water partition coefficient (Wildman–Crippen LogP) is 2.71. The van der Waals surface area contributed by atoms with Crippen LogP contribution < -0.4 is 4.74 Å². The van der Waals surface area contributed by atoms with Gasteiger partial charge in [0.2, 0.25) is 5.88 Å². The minimum absolute atomic E-state index is 0.146. The first-order chi connectivity index (χ1) is 12.6. The van der Waals surface area contributed by atoms with Gasteiger partial charge in [0.1, 0.15) is 12.6 Å². The van der Waals surface area contributed by atoms with Crippen LogP contribution in [0.2, 0.25) is 0 Å². The molecule has 2 aromatic rings. The predicted molar refractivity (Wildman–Crippen MR) is 91.8 cm³/mol. The Morgan fingerprint density at radius 1 is 1.23 bits per heavy atom. The van der Waals surface area contributed by atoms with E-state index >= 15 is 0 Å². The van der Waals surface area contributed by atoms with Crippen LogP contribution in [0.15, 0.2) is 12.7 Å². The summed E-state index contributed by atoms with van der Waals surface area (Å²) in [5.74, 6) is 0.411. The fraction of sp³-hybridized carbons (Fsp3) is 0.667. The molecule has 3 heterocycles. The van der Waals surface area contributed by atoms with E-state index in [0.717, 1.165) is 0 Å². The first kappa shape index (κ1) is 19.2. The zero-order chi connectivity index (χ0) is 18.6. The average molecular weight is 386 g/mol. The van der Waals surface area contributed by atoms with Crippen LogP contribution in [-0.4, -0.2) is 52.5 Å². The fourth-order valence-electron chi connectivity index (χ4n) is 2.79. The first-order valence-corrected chi connectivity index (χ1v) is 10.2. The summed E-state index contributed by atoms with van der Waals surface area (Å²) in [4.78, 5) is 12.6. The van der Waals surface area contributed by atoms with Crippen molar-refractivity contribution in [1.82, 2.24) is 19.5 Å². The Morgan fingerprint density at radius 2 is 2.00 bits per heavy atom. The van der Waals surface area contributed by atoms with Gasteiger partial charge in [0, 0.05) is 6.42 Å². The number of hydrogen-bond acceptors (Lipinski definition) is 9. The molecule has 0 saturated carbocycles. The van der Waals surface area contributed by atoms with E-state index in [9.17, 15) is 4.57 Å². The summed E-state index contributed by atoms with van der Waals surface area (Å²) in [5, 5.41) is 0. The van der Waals surface area contributed by atoms with E-state index in [1.807, 2.05) is 4.57 Å². The van der Waals surface area contributed by atoms with Crippen LogP contribution in [0.25, 0.3) is 11.2 Å². The number of aromatic nitrogens is 4. The second-order valence-electron chi connectivity index (χ2n) is 5.55. The van der Waals surface area contributed by atoms with Crippen molar-refractivity contribution in [3.8, 4) is 5.88 Å². The van der Waals surface area contributed by atoms with Crippen molar-refractivity contribution < 1.29 is 27.8 Å². The standard InChI is InChI=1S/C15H23N4O6P/c1-4-23-26(20,24-5-2)10-22-12-7-6-11(25-12)19-9-18-13-14(19)16-8-17-15(13)21-3/h8-9,11-12H,4-7,10H2,1-3H3. The van der Waals surface area contributed by atoms with Gasteiger partial charge in [-0.1, -0.05) is 0 Å². The van der Waals surface area contributed by atoms with Gasteiger partial charge in [-0.2, -0.15) is 4.98 Å². The second kappa shape index (κ2) is 8.41. The van der Waals surface area contributed by atoms with E-state index < -0.39 is 13.9 Å². The Morgan fingerprint density at radius 3 is 2.69 bits per heavy atom. The van der Waals surface area contributed by atoms with Crippen LogP contribution in [0.5, 0.6) is 5.88 Å². The zero-order valence-electron chi connectivity index (χ0n) is 15.0. The lowest BCUT2D eigenvalue weighted by Gasteiger charge is -2.20. The summed E-state index contributed by atoms with van der Waals surface area (Å²) in [6, 6.07) is 0. The van der Waals surface area contributed by atoms with Gasteiger partial charge in [-0.15, -0.1) is 0 Å². The summed E-state index contributed by atoms with van der Waals surface area (Å²) in [5.41, 5.74) is 1.19. The molecular weight excluding hydrogens is 363 g/mol. The monoisotopic (exact) mass is 386 g/mol.